The van der Waals surface area contributed by atoms with Gasteiger partial charge in [0.1, 0.15) is 5.52 Å². The van der Waals surface area contributed by atoms with Gasteiger partial charge >= 0.3 is 0 Å². The highest BCUT2D eigenvalue weighted by Crippen LogP contribution is 2.35. The molecular formula is C14H21N3. The second kappa shape index (κ2) is 3.56. The van der Waals surface area contributed by atoms with Gasteiger partial charge in [-0.25, -0.2) is 0 Å². The molecule has 2 aromatic rings. The monoisotopic (exact) mass is 231 g/mol. The molecule has 17 heavy (non-hydrogen) atoms. The topological polar surface area (TPSA) is 41.6 Å². The number of aromatic amines is 1. The molecule has 0 radical (unpaired) electrons. The lowest BCUT2D eigenvalue weighted by molar-refractivity contribution is 0.531. The van der Waals surface area contributed by atoms with Crippen molar-refractivity contribution in [2.24, 2.45) is 0 Å². The average Bonchev–Trinajstić information content (AvgIpc) is 2.59. The van der Waals surface area contributed by atoms with Gasteiger partial charge < -0.3 is 0 Å². The number of aromatic nitrogens is 3. The normalized spacial score (nSPS) is 13.3. The van der Waals surface area contributed by atoms with E-state index in [0.717, 1.165) is 11.0 Å². The Labute approximate surface area is 103 Å². The highest BCUT2D eigenvalue weighted by Gasteiger charge is 2.26. The van der Waals surface area contributed by atoms with E-state index in [4.69, 9.17) is 0 Å². The maximum Gasteiger partial charge on any atom is 0.113 e. The maximum atomic E-state index is 4.11. The Kier molecular flexibility index (Phi) is 2.53. The summed E-state index contributed by atoms with van der Waals surface area (Å²) in [4.78, 5) is 0. The van der Waals surface area contributed by atoms with E-state index in [1.807, 2.05) is 0 Å². The Bertz CT molecular complexity index is 491. The highest BCUT2D eigenvalue weighted by molar-refractivity contribution is 5.76. The number of benzene rings is 1. The predicted octanol–water partition coefficient (Wildman–Crippen LogP) is 3.55. The molecule has 0 saturated carbocycles. The second-order valence-electron chi connectivity index (χ2n) is 6.73. The van der Waals surface area contributed by atoms with Crippen molar-refractivity contribution < 1.29 is 0 Å². The molecule has 0 aliphatic heterocycles. The Balaban J connectivity index is 2.78. The van der Waals surface area contributed by atoms with E-state index < -0.39 is 0 Å². The van der Waals surface area contributed by atoms with Crippen LogP contribution < -0.4 is 0 Å². The standard InChI is InChI=1S/C14H21N3/c1-13(2,3)9-7-11-12(16-17-15-11)8-10(9)14(4,5)6/h7-8H,1-6H3,(H,15,16,17). The molecule has 0 atom stereocenters. The lowest BCUT2D eigenvalue weighted by atomic mass is 9.75. The first kappa shape index (κ1) is 12.1. The molecule has 0 fully saturated rings. The summed E-state index contributed by atoms with van der Waals surface area (Å²) in [7, 11) is 0. The molecule has 0 aliphatic rings. The summed E-state index contributed by atoms with van der Waals surface area (Å²) in [5.41, 5.74) is 4.93. The summed E-state index contributed by atoms with van der Waals surface area (Å²) in [6.45, 7) is 13.4. The van der Waals surface area contributed by atoms with Crippen molar-refractivity contribution in [1.82, 2.24) is 15.4 Å². The van der Waals surface area contributed by atoms with E-state index in [2.05, 4.69) is 69.1 Å². The lowest BCUT2D eigenvalue weighted by Crippen LogP contribution is -2.21. The van der Waals surface area contributed by atoms with E-state index in [1.165, 1.54) is 11.1 Å². The molecule has 0 aliphatic carbocycles. The highest BCUT2D eigenvalue weighted by atomic mass is 15.3. The van der Waals surface area contributed by atoms with E-state index in [9.17, 15) is 0 Å². The van der Waals surface area contributed by atoms with Crippen LogP contribution in [0, 0.1) is 0 Å². The number of nitrogens with zero attached hydrogens (tertiary/aromatic N) is 2. The molecule has 0 unspecified atom stereocenters. The molecule has 0 saturated heterocycles. The molecule has 3 heteroatoms. The molecule has 92 valence electrons. The summed E-state index contributed by atoms with van der Waals surface area (Å²) < 4.78 is 0. The third kappa shape index (κ3) is 2.19. The molecular weight excluding hydrogens is 210 g/mol. The van der Waals surface area contributed by atoms with E-state index >= 15 is 0 Å². The zero-order valence-corrected chi connectivity index (χ0v) is 11.5. The third-order valence-corrected chi connectivity index (χ3v) is 3.08. The minimum atomic E-state index is 0.121. The SMILES string of the molecule is CC(C)(C)c1cc2nn[nH]c2cc1C(C)(C)C. The minimum absolute atomic E-state index is 0.121. The Morgan fingerprint density at radius 3 is 1.94 bits per heavy atom. The summed E-state index contributed by atoms with van der Waals surface area (Å²) >= 11 is 0. The van der Waals surface area contributed by atoms with Gasteiger partial charge in [0.05, 0.1) is 5.52 Å². The number of hydrogen-bond acceptors (Lipinski definition) is 2. The van der Waals surface area contributed by atoms with E-state index in [-0.39, 0.29) is 10.8 Å². The molecule has 0 spiro atoms. The first-order chi connectivity index (χ1) is 7.69. The van der Waals surface area contributed by atoms with Gasteiger partial charge in [-0.2, -0.15) is 0 Å². The van der Waals surface area contributed by atoms with Crippen molar-refractivity contribution in [1.29, 1.82) is 0 Å². The summed E-state index contributed by atoms with van der Waals surface area (Å²) in [6.07, 6.45) is 0. The summed E-state index contributed by atoms with van der Waals surface area (Å²) in [6, 6.07) is 4.36. The number of nitrogens with one attached hydrogen (secondary N) is 1. The van der Waals surface area contributed by atoms with Crippen LogP contribution in [0.25, 0.3) is 11.0 Å². The quantitative estimate of drug-likeness (QED) is 0.753. The Morgan fingerprint density at radius 2 is 1.41 bits per heavy atom. The number of rotatable bonds is 0. The fraction of sp³-hybridized carbons (Fsp3) is 0.571. The van der Waals surface area contributed by atoms with Gasteiger partial charge in [0.15, 0.2) is 0 Å². The fourth-order valence-electron chi connectivity index (χ4n) is 2.13. The van der Waals surface area contributed by atoms with Crippen molar-refractivity contribution in [2.45, 2.75) is 52.4 Å². The first-order valence-electron chi connectivity index (χ1n) is 6.05. The van der Waals surface area contributed by atoms with Crippen LogP contribution in [-0.4, -0.2) is 15.4 Å². The maximum absolute atomic E-state index is 4.11. The van der Waals surface area contributed by atoms with Gasteiger partial charge in [-0.15, -0.1) is 5.10 Å². The molecule has 3 nitrogen and oxygen atoms in total. The van der Waals surface area contributed by atoms with Crippen molar-refractivity contribution in [2.75, 3.05) is 0 Å². The number of H-pyrrole nitrogens is 1. The van der Waals surface area contributed by atoms with Crippen molar-refractivity contribution in [3.63, 3.8) is 0 Å². The Hall–Kier alpha value is -1.38. The predicted molar refractivity (Wildman–Crippen MR) is 71.3 cm³/mol. The Morgan fingerprint density at radius 1 is 0.882 bits per heavy atom. The van der Waals surface area contributed by atoms with Crippen molar-refractivity contribution in [3.8, 4) is 0 Å². The van der Waals surface area contributed by atoms with Crippen LogP contribution in [-0.2, 0) is 10.8 Å². The third-order valence-electron chi connectivity index (χ3n) is 3.08. The van der Waals surface area contributed by atoms with E-state index in [1.54, 1.807) is 0 Å². The largest absolute Gasteiger partial charge is 0.258 e. The van der Waals surface area contributed by atoms with Gasteiger partial charge in [-0.05, 0) is 34.1 Å². The molecule has 1 N–H and O–H groups in total. The summed E-state index contributed by atoms with van der Waals surface area (Å²) in [5, 5.41) is 10.9. The lowest BCUT2D eigenvalue weighted by Gasteiger charge is -2.29. The average molecular weight is 231 g/mol. The molecule has 0 bridgehead atoms. The molecule has 1 aromatic heterocycles. The molecule has 1 heterocycles. The molecule has 2 rings (SSSR count). The van der Waals surface area contributed by atoms with Crippen LogP contribution in [0.1, 0.15) is 52.7 Å². The first-order valence-corrected chi connectivity index (χ1v) is 6.05. The number of fused-ring (bicyclic) bond motifs is 1. The van der Waals surface area contributed by atoms with Crippen molar-refractivity contribution in [3.05, 3.63) is 23.3 Å². The van der Waals surface area contributed by atoms with Gasteiger partial charge in [0.2, 0.25) is 0 Å². The fourth-order valence-corrected chi connectivity index (χ4v) is 2.13. The van der Waals surface area contributed by atoms with E-state index in [0.29, 0.717) is 0 Å². The van der Waals surface area contributed by atoms with Crippen LogP contribution in [0.3, 0.4) is 0 Å². The van der Waals surface area contributed by atoms with Gasteiger partial charge in [-0.1, -0.05) is 46.8 Å². The molecule has 1 aromatic carbocycles. The van der Waals surface area contributed by atoms with Crippen LogP contribution in [0.4, 0.5) is 0 Å². The molecule has 0 amide bonds. The van der Waals surface area contributed by atoms with Crippen LogP contribution in [0.15, 0.2) is 12.1 Å². The van der Waals surface area contributed by atoms with Gasteiger partial charge in [0, 0.05) is 0 Å². The van der Waals surface area contributed by atoms with Gasteiger partial charge in [0.25, 0.3) is 0 Å². The van der Waals surface area contributed by atoms with Gasteiger partial charge in [-0.3, -0.25) is 5.10 Å². The van der Waals surface area contributed by atoms with Crippen LogP contribution in [0.2, 0.25) is 0 Å². The zero-order valence-electron chi connectivity index (χ0n) is 11.5. The minimum Gasteiger partial charge on any atom is -0.258 e. The number of hydrogen-bond donors (Lipinski definition) is 1. The smallest absolute Gasteiger partial charge is 0.113 e. The van der Waals surface area contributed by atoms with Crippen molar-refractivity contribution >= 4 is 11.0 Å². The second-order valence-corrected chi connectivity index (χ2v) is 6.73. The summed E-state index contributed by atoms with van der Waals surface area (Å²) in [5.74, 6) is 0. The zero-order chi connectivity index (χ0) is 12.8. The van der Waals surface area contributed by atoms with Crippen LogP contribution >= 0.6 is 0 Å². The van der Waals surface area contributed by atoms with Crippen LogP contribution in [0.5, 0.6) is 0 Å².